The van der Waals surface area contributed by atoms with Gasteiger partial charge in [-0.15, -0.1) is 0 Å². The number of benzene rings is 2. The fraction of sp³-hybridized carbons (Fsp3) is 0.235. The predicted molar refractivity (Wildman–Crippen MR) is 85.0 cm³/mol. The van der Waals surface area contributed by atoms with Crippen molar-refractivity contribution in [3.05, 3.63) is 59.7 Å². The summed E-state index contributed by atoms with van der Waals surface area (Å²) in [5.74, 6) is 0.0313. The van der Waals surface area contributed by atoms with Gasteiger partial charge in [0.15, 0.2) is 6.61 Å². The molecule has 24 heavy (non-hydrogen) atoms. The summed E-state index contributed by atoms with van der Waals surface area (Å²) >= 11 is 0. The molecule has 0 atom stereocenters. The van der Waals surface area contributed by atoms with Crippen LogP contribution < -0.4 is 15.4 Å². The minimum Gasteiger partial charge on any atom is -0.484 e. The number of rotatable bonds is 5. The molecule has 0 bridgehead atoms. The van der Waals surface area contributed by atoms with Gasteiger partial charge in [-0.3, -0.25) is 0 Å². The SMILES string of the molecule is Cc1cccc(CNC(=O)Nc2cccc(OCC(F)(F)F)c2)c1. The molecule has 0 aliphatic heterocycles. The maximum Gasteiger partial charge on any atom is 0.422 e. The van der Waals surface area contributed by atoms with Crippen molar-refractivity contribution >= 4 is 11.7 Å². The predicted octanol–water partition coefficient (Wildman–Crippen LogP) is 4.26. The molecule has 2 N–H and O–H groups in total. The molecule has 2 rings (SSSR count). The van der Waals surface area contributed by atoms with Crippen molar-refractivity contribution in [3.8, 4) is 5.75 Å². The van der Waals surface area contributed by atoms with Crippen LogP contribution in [0.3, 0.4) is 0 Å². The van der Waals surface area contributed by atoms with Crippen molar-refractivity contribution in [2.45, 2.75) is 19.6 Å². The zero-order valence-electron chi connectivity index (χ0n) is 13.0. The molecule has 0 heterocycles. The Morgan fingerprint density at radius 2 is 1.88 bits per heavy atom. The Balaban J connectivity index is 1.87. The number of amides is 2. The van der Waals surface area contributed by atoms with E-state index in [1.54, 1.807) is 6.07 Å². The van der Waals surface area contributed by atoms with Crippen molar-refractivity contribution in [3.63, 3.8) is 0 Å². The van der Waals surface area contributed by atoms with Gasteiger partial charge in [0.1, 0.15) is 5.75 Å². The van der Waals surface area contributed by atoms with E-state index >= 15 is 0 Å². The monoisotopic (exact) mass is 338 g/mol. The van der Waals surface area contributed by atoms with Crippen LogP contribution >= 0.6 is 0 Å². The van der Waals surface area contributed by atoms with Gasteiger partial charge in [-0.25, -0.2) is 4.79 Å². The highest BCUT2D eigenvalue weighted by atomic mass is 19.4. The highest BCUT2D eigenvalue weighted by Crippen LogP contribution is 2.21. The quantitative estimate of drug-likeness (QED) is 0.856. The summed E-state index contributed by atoms with van der Waals surface area (Å²) in [5, 5.41) is 5.23. The molecule has 0 unspecified atom stereocenters. The second kappa shape index (κ2) is 7.72. The first-order chi connectivity index (χ1) is 11.3. The minimum absolute atomic E-state index is 0.0313. The summed E-state index contributed by atoms with van der Waals surface area (Å²) in [4.78, 5) is 11.9. The molecule has 0 aliphatic carbocycles. The molecule has 2 aromatic carbocycles. The van der Waals surface area contributed by atoms with Gasteiger partial charge in [0.25, 0.3) is 0 Å². The molecular weight excluding hydrogens is 321 g/mol. The van der Waals surface area contributed by atoms with Gasteiger partial charge in [-0.2, -0.15) is 13.2 Å². The van der Waals surface area contributed by atoms with E-state index in [2.05, 4.69) is 15.4 Å². The second-order valence-corrected chi connectivity index (χ2v) is 5.23. The lowest BCUT2D eigenvalue weighted by atomic mass is 10.1. The Bertz CT molecular complexity index is 702. The number of urea groups is 1. The molecule has 2 aromatic rings. The third-order valence-electron chi connectivity index (χ3n) is 3.03. The summed E-state index contributed by atoms with van der Waals surface area (Å²) in [5.41, 5.74) is 2.38. The van der Waals surface area contributed by atoms with Gasteiger partial charge in [0.05, 0.1) is 0 Å². The van der Waals surface area contributed by atoms with Crippen LogP contribution in [0.5, 0.6) is 5.75 Å². The number of anilines is 1. The molecule has 0 saturated carbocycles. The van der Waals surface area contributed by atoms with Gasteiger partial charge in [0.2, 0.25) is 0 Å². The number of carbonyl (C=O) groups is 1. The molecule has 0 spiro atoms. The largest absolute Gasteiger partial charge is 0.484 e. The van der Waals surface area contributed by atoms with Crippen LogP contribution in [0.25, 0.3) is 0 Å². The fourth-order valence-electron chi connectivity index (χ4n) is 2.01. The lowest BCUT2D eigenvalue weighted by molar-refractivity contribution is -0.153. The average molecular weight is 338 g/mol. The molecule has 7 heteroatoms. The van der Waals surface area contributed by atoms with Gasteiger partial charge >= 0.3 is 12.2 Å². The summed E-state index contributed by atoms with van der Waals surface area (Å²) < 4.78 is 41.0. The van der Waals surface area contributed by atoms with E-state index in [-0.39, 0.29) is 5.75 Å². The summed E-state index contributed by atoms with van der Waals surface area (Å²) in [7, 11) is 0. The first-order valence-electron chi connectivity index (χ1n) is 7.22. The van der Waals surface area contributed by atoms with Gasteiger partial charge in [-0.1, -0.05) is 35.9 Å². The van der Waals surface area contributed by atoms with Crippen LogP contribution in [0.4, 0.5) is 23.7 Å². The van der Waals surface area contributed by atoms with E-state index in [0.29, 0.717) is 12.2 Å². The molecule has 0 aromatic heterocycles. The molecule has 2 amide bonds. The number of ether oxygens (including phenoxy) is 1. The number of hydrogen-bond acceptors (Lipinski definition) is 2. The first-order valence-corrected chi connectivity index (χ1v) is 7.22. The highest BCUT2D eigenvalue weighted by molar-refractivity contribution is 5.89. The van der Waals surface area contributed by atoms with Crippen LogP contribution in [0, 0.1) is 6.92 Å². The van der Waals surface area contributed by atoms with Crippen molar-refractivity contribution in [2.24, 2.45) is 0 Å². The molecule has 0 aliphatic rings. The van der Waals surface area contributed by atoms with E-state index in [0.717, 1.165) is 11.1 Å². The maximum atomic E-state index is 12.1. The Hall–Kier alpha value is -2.70. The third-order valence-corrected chi connectivity index (χ3v) is 3.03. The van der Waals surface area contributed by atoms with Crippen molar-refractivity contribution in [1.29, 1.82) is 0 Å². The number of nitrogens with one attached hydrogen (secondary N) is 2. The second-order valence-electron chi connectivity index (χ2n) is 5.23. The lowest BCUT2D eigenvalue weighted by Crippen LogP contribution is -2.28. The molecule has 4 nitrogen and oxygen atoms in total. The Labute approximate surface area is 137 Å². The number of carbonyl (C=O) groups excluding carboxylic acids is 1. The summed E-state index contributed by atoms with van der Waals surface area (Å²) in [6.07, 6.45) is -4.41. The smallest absolute Gasteiger partial charge is 0.422 e. The Morgan fingerprint density at radius 1 is 1.12 bits per heavy atom. The Morgan fingerprint density at radius 3 is 2.58 bits per heavy atom. The topological polar surface area (TPSA) is 50.4 Å². The zero-order valence-corrected chi connectivity index (χ0v) is 13.0. The Kier molecular flexibility index (Phi) is 5.68. The maximum absolute atomic E-state index is 12.1. The molecule has 0 radical (unpaired) electrons. The van der Waals surface area contributed by atoms with Gasteiger partial charge in [0, 0.05) is 18.3 Å². The van der Waals surface area contributed by atoms with Crippen LogP contribution in [0.1, 0.15) is 11.1 Å². The number of hydrogen-bond donors (Lipinski definition) is 2. The minimum atomic E-state index is -4.41. The number of alkyl halides is 3. The van der Waals surface area contributed by atoms with Crippen molar-refractivity contribution in [2.75, 3.05) is 11.9 Å². The summed E-state index contributed by atoms with van der Waals surface area (Å²) in [6, 6.07) is 13.0. The first kappa shape index (κ1) is 17.7. The standard InChI is InChI=1S/C17H17F3N2O2/c1-12-4-2-5-13(8-12)10-21-16(23)22-14-6-3-7-15(9-14)24-11-17(18,19)20/h2-9H,10-11H2,1H3,(H2,21,22,23). The van der Waals surface area contributed by atoms with E-state index < -0.39 is 18.8 Å². The van der Waals surface area contributed by atoms with E-state index in [9.17, 15) is 18.0 Å². The van der Waals surface area contributed by atoms with E-state index in [1.165, 1.54) is 18.2 Å². The summed E-state index contributed by atoms with van der Waals surface area (Å²) in [6.45, 7) is 0.920. The van der Waals surface area contributed by atoms with Crippen LogP contribution in [-0.4, -0.2) is 18.8 Å². The van der Waals surface area contributed by atoms with Crippen LogP contribution in [-0.2, 0) is 6.54 Å². The number of aryl methyl sites for hydroxylation is 1. The van der Waals surface area contributed by atoms with Crippen LogP contribution in [0.15, 0.2) is 48.5 Å². The third kappa shape index (κ3) is 6.20. The zero-order chi connectivity index (χ0) is 17.6. The van der Waals surface area contributed by atoms with Gasteiger partial charge < -0.3 is 15.4 Å². The van der Waals surface area contributed by atoms with Crippen LogP contribution in [0.2, 0.25) is 0 Å². The van der Waals surface area contributed by atoms with Crippen molar-refractivity contribution < 1.29 is 22.7 Å². The van der Waals surface area contributed by atoms with Gasteiger partial charge in [-0.05, 0) is 24.6 Å². The molecule has 128 valence electrons. The number of halogens is 3. The highest BCUT2D eigenvalue weighted by Gasteiger charge is 2.28. The fourth-order valence-corrected chi connectivity index (χ4v) is 2.01. The molecular formula is C17H17F3N2O2. The normalized spacial score (nSPS) is 11.0. The molecule has 0 saturated heterocycles. The lowest BCUT2D eigenvalue weighted by Gasteiger charge is -2.11. The van der Waals surface area contributed by atoms with Crippen molar-refractivity contribution in [1.82, 2.24) is 5.32 Å². The average Bonchev–Trinajstić information content (AvgIpc) is 2.51. The van der Waals surface area contributed by atoms with E-state index in [1.807, 2.05) is 31.2 Å². The van der Waals surface area contributed by atoms with E-state index in [4.69, 9.17) is 0 Å². The molecule has 0 fully saturated rings.